The predicted molar refractivity (Wildman–Crippen MR) is 45.1 cm³/mol. The lowest BCUT2D eigenvalue weighted by atomic mass is 10.2. The third-order valence-electron chi connectivity index (χ3n) is 1.44. The standard InChI is InChI=1S/C6H13IN4O5/c8-4(2-1-3-11-6(9)10)5(12)15-16-7(13)14/h4H,1-3,8H2,(H4,9,10,11)/t4-/m0/s1. The Hall–Kier alpha value is -0.690. The zero-order valence-electron chi connectivity index (χ0n) is 8.30. The van der Waals surface area contributed by atoms with Crippen molar-refractivity contribution in [3.63, 3.8) is 0 Å². The number of nitrogens with two attached hydrogens (primary N) is 3. The normalized spacial score (nSPS) is 12.2. The van der Waals surface area contributed by atoms with Crippen molar-refractivity contribution in [2.75, 3.05) is 6.54 Å². The molecule has 0 aromatic heterocycles. The van der Waals surface area contributed by atoms with Crippen LogP contribution in [0.1, 0.15) is 12.8 Å². The minimum atomic E-state index is -4.02. The van der Waals surface area contributed by atoms with Crippen LogP contribution in [-0.2, 0) is 12.9 Å². The van der Waals surface area contributed by atoms with E-state index in [4.69, 9.17) is 17.2 Å². The maximum absolute atomic E-state index is 11.0. The number of rotatable bonds is 7. The van der Waals surface area contributed by atoms with Gasteiger partial charge in [0, 0.05) is 6.54 Å². The second-order valence-corrected chi connectivity index (χ2v) is 4.15. The van der Waals surface area contributed by atoms with Gasteiger partial charge in [-0.25, -0.2) is 9.68 Å². The third kappa shape index (κ3) is 8.60. The smallest absolute Gasteiger partial charge is 0.392 e. The van der Waals surface area contributed by atoms with E-state index in [0.717, 1.165) is 0 Å². The molecule has 0 saturated carbocycles. The van der Waals surface area contributed by atoms with E-state index in [-0.39, 0.29) is 12.4 Å². The fourth-order valence-electron chi connectivity index (χ4n) is 0.756. The monoisotopic (exact) mass is 348 g/mol. The molecule has 1 atom stereocenters. The fraction of sp³-hybridized carbons (Fsp3) is 0.667. The average molecular weight is 348 g/mol. The molecule has 0 aromatic rings. The van der Waals surface area contributed by atoms with Gasteiger partial charge in [0.25, 0.3) is 0 Å². The maximum Gasteiger partial charge on any atom is 0.566 e. The van der Waals surface area contributed by atoms with Gasteiger partial charge in [-0.2, -0.15) is 0 Å². The lowest BCUT2D eigenvalue weighted by Crippen LogP contribution is -3.99. The van der Waals surface area contributed by atoms with Gasteiger partial charge >= 0.3 is 27.0 Å². The average Bonchev–Trinajstić information content (AvgIpc) is 2.20. The van der Waals surface area contributed by atoms with Crippen molar-refractivity contribution >= 4 is 11.9 Å². The summed E-state index contributed by atoms with van der Waals surface area (Å²) in [5.41, 5.74) is 15.5. The minimum absolute atomic E-state index is 0.0493. The van der Waals surface area contributed by atoms with Gasteiger partial charge in [-0.15, -0.1) is 0 Å². The molecule has 0 amide bonds. The van der Waals surface area contributed by atoms with Crippen LogP contribution in [0.25, 0.3) is 0 Å². The molecule has 0 aromatic carbocycles. The Bertz CT molecular complexity index is 245. The molecule has 0 radical (unpaired) electrons. The molecule has 10 heteroatoms. The molecule has 0 aliphatic rings. The Morgan fingerprint density at radius 1 is 1.44 bits per heavy atom. The van der Waals surface area contributed by atoms with Crippen LogP contribution in [0.15, 0.2) is 4.99 Å². The molecule has 9 nitrogen and oxygen atoms in total. The summed E-state index contributed by atoms with van der Waals surface area (Å²) in [5.74, 6) is -0.995. The summed E-state index contributed by atoms with van der Waals surface area (Å²) in [6.07, 6.45) is 0.718. The van der Waals surface area contributed by atoms with Crippen LogP contribution in [-0.4, -0.2) is 24.5 Å². The van der Waals surface area contributed by atoms with Crippen LogP contribution >= 0.6 is 0 Å². The molecule has 6 N–H and O–H groups in total. The second kappa shape index (κ2) is 8.46. The summed E-state index contributed by atoms with van der Waals surface area (Å²) in [6.45, 7) is 0.325. The van der Waals surface area contributed by atoms with Crippen molar-refractivity contribution in [1.29, 1.82) is 0 Å². The van der Waals surface area contributed by atoms with E-state index in [2.05, 4.69) is 13.1 Å². The van der Waals surface area contributed by atoms with Crippen LogP contribution in [0.5, 0.6) is 0 Å². The zero-order valence-corrected chi connectivity index (χ0v) is 10.5. The number of carbonyl (C=O) groups excluding carboxylic acids is 1. The largest absolute Gasteiger partial charge is 0.566 e. The first-order valence-corrected chi connectivity index (χ1v) is 6.83. The van der Waals surface area contributed by atoms with Gasteiger partial charge in [0.2, 0.25) is 3.22 Å². The number of carbonyl (C=O) groups is 1. The molecule has 16 heavy (non-hydrogen) atoms. The Labute approximate surface area is 101 Å². The van der Waals surface area contributed by atoms with Crippen LogP contribution in [0.2, 0.25) is 0 Å². The van der Waals surface area contributed by atoms with Crippen LogP contribution < -0.4 is 45.1 Å². The summed E-state index contributed by atoms with van der Waals surface area (Å²) < 4.78 is 23.7. The quantitative estimate of drug-likeness (QED) is 0.102. The van der Waals surface area contributed by atoms with Gasteiger partial charge < -0.3 is 24.1 Å². The SMILES string of the molecule is NC(N)=NCCC[C@H](N)C(=O)OO[I+2]([O-])[O-]. The topological polar surface area (TPSA) is 172 Å². The van der Waals surface area contributed by atoms with Crippen LogP contribution in [0, 0.1) is 0 Å². The van der Waals surface area contributed by atoms with Crippen molar-refractivity contribution in [2.24, 2.45) is 22.2 Å². The summed E-state index contributed by atoms with van der Waals surface area (Å²) >= 11 is -4.02. The van der Waals surface area contributed by atoms with Crippen LogP contribution in [0.3, 0.4) is 0 Å². The first-order valence-electron chi connectivity index (χ1n) is 4.19. The first kappa shape index (κ1) is 15.3. The van der Waals surface area contributed by atoms with E-state index in [1.165, 1.54) is 0 Å². The van der Waals surface area contributed by atoms with E-state index >= 15 is 0 Å². The van der Waals surface area contributed by atoms with Gasteiger partial charge in [-0.05, 0) is 12.8 Å². The highest BCUT2D eigenvalue weighted by Crippen LogP contribution is 1.96. The van der Waals surface area contributed by atoms with E-state index in [0.29, 0.717) is 13.0 Å². The van der Waals surface area contributed by atoms with Crippen LogP contribution in [0.4, 0.5) is 0 Å². The predicted octanol–water partition coefficient (Wildman–Crippen LogP) is -7.07. The first-order chi connectivity index (χ1) is 7.43. The summed E-state index contributed by atoms with van der Waals surface area (Å²) in [5, 5.41) is 0. The molecular formula is C6H13IN4O5. The van der Waals surface area contributed by atoms with Crippen molar-refractivity contribution in [3.05, 3.63) is 0 Å². The fourth-order valence-corrected chi connectivity index (χ4v) is 1.08. The van der Waals surface area contributed by atoms with Crippen molar-refractivity contribution in [2.45, 2.75) is 18.9 Å². The highest BCUT2D eigenvalue weighted by molar-refractivity contribution is 5.75. The summed E-state index contributed by atoms with van der Waals surface area (Å²) in [7, 11) is 0. The Morgan fingerprint density at radius 2 is 2.06 bits per heavy atom. The number of guanidine groups is 1. The Kier molecular flexibility index (Phi) is 8.10. The molecule has 0 fully saturated rings. The second-order valence-electron chi connectivity index (χ2n) is 2.71. The number of halogens is 1. The molecule has 0 rings (SSSR count). The number of aliphatic imine (C=N–C) groups is 1. The summed E-state index contributed by atoms with van der Waals surface area (Å²) in [4.78, 5) is 18.6. The molecule has 0 saturated heterocycles. The Balaban J connectivity index is 3.67. The molecule has 0 aliphatic carbocycles. The molecule has 0 unspecified atom stereocenters. The summed E-state index contributed by atoms with van der Waals surface area (Å²) in [6, 6.07) is -0.968. The van der Waals surface area contributed by atoms with E-state index in [1.54, 1.807) is 0 Å². The van der Waals surface area contributed by atoms with E-state index in [1.807, 2.05) is 0 Å². The lowest BCUT2D eigenvalue weighted by Gasteiger charge is -2.05. The van der Waals surface area contributed by atoms with Gasteiger partial charge in [0.1, 0.15) is 6.04 Å². The molecule has 0 heterocycles. The van der Waals surface area contributed by atoms with Gasteiger partial charge in [-0.1, -0.05) is 0 Å². The molecular weight excluding hydrogens is 335 g/mol. The van der Waals surface area contributed by atoms with Crippen molar-refractivity contribution < 1.29 is 40.8 Å². The highest BCUT2D eigenvalue weighted by atomic mass is 127. The van der Waals surface area contributed by atoms with Gasteiger partial charge in [-0.3, -0.25) is 4.99 Å². The Morgan fingerprint density at radius 3 is 2.56 bits per heavy atom. The van der Waals surface area contributed by atoms with Crippen molar-refractivity contribution in [1.82, 2.24) is 0 Å². The zero-order chi connectivity index (χ0) is 12.6. The third-order valence-corrected chi connectivity index (χ3v) is 1.91. The van der Waals surface area contributed by atoms with Gasteiger partial charge in [0.15, 0.2) is 5.96 Å². The van der Waals surface area contributed by atoms with E-state index < -0.39 is 33.1 Å². The minimum Gasteiger partial charge on any atom is -0.392 e. The lowest BCUT2D eigenvalue weighted by molar-refractivity contribution is -1.64. The maximum atomic E-state index is 11.0. The van der Waals surface area contributed by atoms with Crippen molar-refractivity contribution in [3.8, 4) is 0 Å². The number of hydrogen-bond acceptors (Lipinski definition) is 7. The molecule has 0 spiro atoms. The highest BCUT2D eigenvalue weighted by Gasteiger charge is 2.23. The number of nitrogens with zero attached hydrogens (tertiary/aromatic N) is 1. The molecule has 0 aliphatic heterocycles. The number of hydrogen-bond donors (Lipinski definition) is 3. The van der Waals surface area contributed by atoms with E-state index in [9.17, 15) is 11.7 Å². The molecule has 0 bridgehead atoms. The van der Waals surface area contributed by atoms with Gasteiger partial charge in [0.05, 0.1) is 0 Å². The molecule has 94 valence electrons.